The normalized spacial score (nSPS) is 13.4. The third-order valence-electron chi connectivity index (χ3n) is 3.98. The molecule has 0 saturated heterocycles. The van der Waals surface area contributed by atoms with Gasteiger partial charge in [-0.1, -0.05) is 12.1 Å². The van der Waals surface area contributed by atoms with Gasteiger partial charge >= 0.3 is 11.9 Å². The number of hydrogen-bond acceptors (Lipinski definition) is 8. The Labute approximate surface area is 182 Å². The first-order valence-corrected chi connectivity index (χ1v) is 9.63. The van der Waals surface area contributed by atoms with E-state index in [-0.39, 0.29) is 17.9 Å². The molecule has 0 saturated carbocycles. The average Bonchev–Trinajstić information content (AvgIpc) is 2.71. The van der Waals surface area contributed by atoms with Crippen molar-refractivity contribution in [3.05, 3.63) is 29.8 Å². The number of phenols is 1. The summed E-state index contributed by atoms with van der Waals surface area (Å²) in [5, 5.41) is 34.2. The Balaban J connectivity index is 2.79. The van der Waals surface area contributed by atoms with Crippen LogP contribution in [0.4, 0.5) is 0 Å². The number of benzene rings is 1. The summed E-state index contributed by atoms with van der Waals surface area (Å²) >= 11 is 3.84. The quantitative estimate of drug-likeness (QED) is 0.161. The van der Waals surface area contributed by atoms with Crippen molar-refractivity contribution < 1.29 is 39.3 Å². The minimum absolute atomic E-state index is 0.0219. The van der Waals surface area contributed by atoms with Gasteiger partial charge in [0, 0.05) is 12.2 Å². The minimum Gasteiger partial charge on any atom is -0.508 e. The summed E-state index contributed by atoms with van der Waals surface area (Å²) in [6.07, 6.45) is -0.958. The first-order valence-electron chi connectivity index (χ1n) is 8.99. The maximum atomic E-state index is 12.5. The van der Waals surface area contributed by atoms with E-state index in [0.717, 1.165) is 0 Å². The number of carboxylic acid groups (broad SMARTS) is 2. The van der Waals surface area contributed by atoms with Crippen molar-refractivity contribution in [2.24, 2.45) is 5.73 Å². The molecule has 3 unspecified atom stereocenters. The van der Waals surface area contributed by atoms with E-state index in [1.54, 1.807) is 0 Å². The number of nitrogens with one attached hydrogen (secondary N) is 3. The van der Waals surface area contributed by atoms with E-state index < -0.39 is 60.8 Å². The average molecular weight is 456 g/mol. The number of aromatic hydroxyl groups is 1. The van der Waals surface area contributed by atoms with Gasteiger partial charge in [0.05, 0.1) is 19.0 Å². The zero-order valence-corrected chi connectivity index (χ0v) is 17.2. The molecule has 13 heteroatoms. The van der Waals surface area contributed by atoms with Gasteiger partial charge in [-0.3, -0.25) is 19.2 Å². The van der Waals surface area contributed by atoms with Crippen LogP contribution < -0.4 is 21.7 Å². The van der Waals surface area contributed by atoms with Crippen molar-refractivity contribution in [3.63, 3.8) is 0 Å². The Kier molecular flexibility index (Phi) is 10.3. The molecule has 0 bridgehead atoms. The first kappa shape index (κ1) is 25.7. The van der Waals surface area contributed by atoms with Crippen LogP contribution in [0.15, 0.2) is 24.3 Å². The molecule has 0 radical (unpaired) electrons. The summed E-state index contributed by atoms with van der Waals surface area (Å²) in [5.41, 5.74) is 5.93. The fraction of sp³-hybridized carbons (Fsp3) is 0.389. The number of amides is 3. The summed E-state index contributed by atoms with van der Waals surface area (Å²) < 4.78 is 0. The highest BCUT2D eigenvalue weighted by Gasteiger charge is 2.28. The molecule has 3 amide bonds. The van der Waals surface area contributed by atoms with Crippen molar-refractivity contribution >= 4 is 42.3 Å². The van der Waals surface area contributed by atoms with Crippen molar-refractivity contribution in [2.45, 2.75) is 31.0 Å². The molecule has 0 aromatic heterocycles. The number of thiol groups is 1. The van der Waals surface area contributed by atoms with Gasteiger partial charge < -0.3 is 37.0 Å². The predicted octanol–water partition coefficient (Wildman–Crippen LogP) is -2.16. The van der Waals surface area contributed by atoms with Crippen molar-refractivity contribution in [2.75, 3.05) is 12.3 Å². The van der Waals surface area contributed by atoms with Crippen molar-refractivity contribution in [1.29, 1.82) is 0 Å². The third-order valence-corrected chi connectivity index (χ3v) is 4.37. The van der Waals surface area contributed by atoms with Gasteiger partial charge in [0.25, 0.3) is 0 Å². The van der Waals surface area contributed by atoms with E-state index in [9.17, 15) is 34.2 Å². The highest BCUT2D eigenvalue weighted by Crippen LogP contribution is 2.11. The lowest BCUT2D eigenvalue weighted by Gasteiger charge is -2.21. The van der Waals surface area contributed by atoms with Crippen LogP contribution in [0.3, 0.4) is 0 Å². The number of hydrogen-bond donors (Lipinski definition) is 8. The van der Waals surface area contributed by atoms with E-state index >= 15 is 0 Å². The summed E-state index contributed by atoms with van der Waals surface area (Å²) in [7, 11) is 0. The molecule has 0 aliphatic rings. The van der Waals surface area contributed by atoms with Gasteiger partial charge in [0.2, 0.25) is 17.7 Å². The number of carboxylic acids is 2. The monoisotopic (exact) mass is 456 g/mol. The minimum atomic E-state index is -1.58. The molecule has 1 rings (SSSR count). The number of carbonyl (C=O) groups excluding carboxylic acids is 3. The maximum Gasteiger partial charge on any atom is 0.326 e. The zero-order chi connectivity index (χ0) is 23.6. The lowest BCUT2D eigenvalue weighted by molar-refractivity contribution is -0.143. The summed E-state index contributed by atoms with van der Waals surface area (Å²) in [6, 6.07) is 1.67. The second-order valence-corrected chi connectivity index (χ2v) is 6.86. The Morgan fingerprint density at radius 3 is 2.10 bits per heavy atom. The molecule has 0 aliphatic heterocycles. The summed E-state index contributed by atoms with van der Waals surface area (Å²) in [5.74, 6) is -5.33. The van der Waals surface area contributed by atoms with Crippen LogP contribution in [0.25, 0.3) is 0 Å². The SMILES string of the molecule is NC(CS)C(=O)NCC(=O)NC(CC(=O)O)C(=O)NC(Cc1ccc(O)cc1)C(=O)O. The maximum absolute atomic E-state index is 12.5. The fourth-order valence-electron chi connectivity index (χ4n) is 2.35. The molecule has 31 heavy (non-hydrogen) atoms. The van der Waals surface area contributed by atoms with Crippen LogP contribution in [0.2, 0.25) is 0 Å². The van der Waals surface area contributed by atoms with Crippen LogP contribution >= 0.6 is 12.6 Å². The molecular formula is C18H24N4O8S. The van der Waals surface area contributed by atoms with Crippen LogP contribution in [-0.4, -0.2) is 75.4 Å². The predicted molar refractivity (Wildman–Crippen MR) is 110 cm³/mol. The topological polar surface area (TPSA) is 208 Å². The lowest BCUT2D eigenvalue weighted by atomic mass is 10.0. The molecule has 0 spiro atoms. The largest absolute Gasteiger partial charge is 0.508 e. The Bertz CT molecular complexity index is 817. The van der Waals surface area contributed by atoms with E-state index in [2.05, 4.69) is 28.6 Å². The Morgan fingerprint density at radius 2 is 1.58 bits per heavy atom. The van der Waals surface area contributed by atoms with Gasteiger partial charge in [0.15, 0.2) is 0 Å². The number of phenolic OH excluding ortho intramolecular Hbond substituents is 1. The number of nitrogens with two attached hydrogens (primary N) is 1. The second-order valence-electron chi connectivity index (χ2n) is 6.49. The van der Waals surface area contributed by atoms with E-state index in [1.807, 2.05) is 0 Å². The lowest BCUT2D eigenvalue weighted by Crippen LogP contribution is -2.54. The molecule has 12 nitrogen and oxygen atoms in total. The Hall–Kier alpha value is -3.32. The molecule has 1 aromatic rings. The second kappa shape index (κ2) is 12.4. The van der Waals surface area contributed by atoms with Gasteiger partial charge in [-0.2, -0.15) is 12.6 Å². The molecule has 3 atom stereocenters. The fourth-order valence-corrected chi connectivity index (χ4v) is 2.52. The van der Waals surface area contributed by atoms with Gasteiger partial charge in [-0.05, 0) is 17.7 Å². The summed E-state index contributed by atoms with van der Waals surface area (Å²) in [4.78, 5) is 58.6. The van der Waals surface area contributed by atoms with Crippen LogP contribution in [-0.2, 0) is 30.4 Å². The van der Waals surface area contributed by atoms with Crippen molar-refractivity contribution in [3.8, 4) is 5.75 Å². The van der Waals surface area contributed by atoms with E-state index in [1.165, 1.54) is 24.3 Å². The smallest absolute Gasteiger partial charge is 0.326 e. The molecule has 1 aromatic carbocycles. The number of rotatable bonds is 12. The third kappa shape index (κ3) is 9.35. The molecule has 0 aliphatic carbocycles. The Morgan fingerprint density at radius 1 is 0.968 bits per heavy atom. The van der Waals surface area contributed by atoms with Crippen LogP contribution in [0.5, 0.6) is 5.75 Å². The van der Waals surface area contributed by atoms with E-state index in [0.29, 0.717) is 5.56 Å². The molecule has 0 heterocycles. The summed E-state index contributed by atoms with van der Waals surface area (Å²) in [6.45, 7) is -0.570. The van der Waals surface area contributed by atoms with Crippen LogP contribution in [0.1, 0.15) is 12.0 Å². The van der Waals surface area contributed by atoms with Gasteiger partial charge in [-0.25, -0.2) is 4.79 Å². The highest BCUT2D eigenvalue weighted by molar-refractivity contribution is 7.80. The molecular weight excluding hydrogens is 432 g/mol. The number of aliphatic carboxylic acids is 2. The number of carbonyl (C=O) groups is 5. The molecule has 0 fully saturated rings. The van der Waals surface area contributed by atoms with Crippen LogP contribution in [0, 0.1) is 0 Å². The highest BCUT2D eigenvalue weighted by atomic mass is 32.1. The zero-order valence-electron chi connectivity index (χ0n) is 16.3. The first-order chi connectivity index (χ1) is 14.5. The standard InChI is InChI=1S/C18H24N4O8S/c19-11(8-31)16(27)20-7-14(24)21-12(6-15(25)26)17(28)22-13(18(29)30)5-9-1-3-10(23)4-2-9/h1-4,11-13,23,31H,5-8,19H2,(H,20,27)(H,21,24)(H,22,28)(H,25,26)(H,29,30). The van der Waals surface area contributed by atoms with E-state index in [4.69, 9.17) is 10.8 Å². The van der Waals surface area contributed by atoms with Gasteiger partial charge in [-0.15, -0.1) is 0 Å². The van der Waals surface area contributed by atoms with Gasteiger partial charge in [0.1, 0.15) is 17.8 Å². The van der Waals surface area contributed by atoms with Crippen molar-refractivity contribution in [1.82, 2.24) is 16.0 Å². The molecule has 8 N–H and O–H groups in total. The molecule has 170 valence electrons.